The van der Waals surface area contributed by atoms with Crippen LogP contribution < -0.4 is 10.6 Å². The van der Waals surface area contributed by atoms with Gasteiger partial charge in [0.15, 0.2) is 5.78 Å². The standard InChI is InChI=1S/C15H18N2O4/c1-10(18)11-3-5-12(6-4-11)16-14(21)17-15(7-2-8-15)9-13(19)20/h3-6H,2,7-9H2,1H3,(H,19,20)(H2,16,17,21). The molecule has 0 aliphatic heterocycles. The number of hydrogen-bond donors (Lipinski definition) is 3. The van der Waals surface area contributed by atoms with E-state index in [4.69, 9.17) is 5.11 Å². The number of Topliss-reactive ketones (excluding diaryl/α,β-unsaturated/α-hetero) is 1. The second-order valence-electron chi connectivity index (χ2n) is 5.42. The lowest BCUT2D eigenvalue weighted by Gasteiger charge is -2.41. The minimum atomic E-state index is -0.916. The van der Waals surface area contributed by atoms with Crippen molar-refractivity contribution in [2.75, 3.05) is 5.32 Å². The van der Waals surface area contributed by atoms with Crippen molar-refractivity contribution in [1.82, 2.24) is 5.32 Å². The normalized spacial score (nSPS) is 15.7. The van der Waals surface area contributed by atoms with Crippen LogP contribution in [-0.4, -0.2) is 28.4 Å². The Labute approximate surface area is 122 Å². The molecule has 6 nitrogen and oxygen atoms in total. The molecule has 21 heavy (non-hydrogen) atoms. The second-order valence-corrected chi connectivity index (χ2v) is 5.42. The largest absolute Gasteiger partial charge is 0.481 e. The number of anilines is 1. The fourth-order valence-corrected chi connectivity index (χ4v) is 2.43. The highest BCUT2D eigenvalue weighted by atomic mass is 16.4. The van der Waals surface area contributed by atoms with Crippen molar-refractivity contribution in [2.45, 2.75) is 38.1 Å². The zero-order valence-electron chi connectivity index (χ0n) is 11.8. The highest BCUT2D eigenvalue weighted by Crippen LogP contribution is 2.34. The number of nitrogens with one attached hydrogen (secondary N) is 2. The molecule has 2 amide bonds. The van der Waals surface area contributed by atoms with Crippen molar-refractivity contribution in [3.63, 3.8) is 0 Å². The minimum absolute atomic E-state index is 0.0409. The van der Waals surface area contributed by atoms with Crippen LogP contribution >= 0.6 is 0 Å². The van der Waals surface area contributed by atoms with E-state index in [9.17, 15) is 14.4 Å². The van der Waals surface area contributed by atoms with E-state index in [1.54, 1.807) is 24.3 Å². The molecule has 2 rings (SSSR count). The Morgan fingerprint density at radius 1 is 1.19 bits per heavy atom. The number of amides is 2. The van der Waals surface area contributed by atoms with Crippen LogP contribution in [0.15, 0.2) is 24.3 Å². The van der Waals surface area contributed by atoms with Gasteiger partial charge in [0.05, 0.1) is 12.0 Å². The number of carbonyl (C=O) groups excluding carboxylic acids is 2. The summed E-state index contributed by atoms with van der Waals surface area (Å²) in [5.41, 5.74) is 0.500. The highest BCUT2D eigenvalue weighted by molar-refractivity contribution is 5.95. The predicted octanol–water partition coefficient (Wildman–Crippen LogP) is 2.41. The summed E-state index contributed by atoms with van der Waals surface area (Å²) in [4.78, 5) is 33.9. The van der Waals surface area contributed by atoms with Crippen LogP contribution in [0.4, 0.5) is 10.5 Å². The van der Waals surface area contributed by atoms with E-state index < -0.39 is 17.5 Å². The molecule has 0 radical (unpaired) electrons. The summed E-state index contributed by atoms with van der Waals surface area (Å²) in [5.74, 6) is -0.957. The molecule has 1 aliphatic rings. The number of aliphatic carboxylic acids is 1. The maximum atomic E-state index is 11.9. The van der Waals surface area contributed by atoms with Gasteiger partial charge in [0.25, 0.3) is 0 Å². The van der Waals surface area contributed by atoms with Crippen LogP contribution in [0.25, 0.3) is 0 Å². The third-order valence-corrected chi connectivity index (χ3v) is 3.73. The summed E-state index contributed by atoms with van der Waals surface area (Å²) in [6.45, 7) is 1.47. The van der Waals surface area contributed by atoms with E-state index >= 15 is 0 Å². The topological polar surface area (TPSA) is 95.5 Å². The Morgan fingerprint density at radius 2 is 1.81 bits per heavy atom. The summed E-state index contributed by atoms with van der Waals surface area (Å²) < 4.78 is 0. The number of carboxylic acid groups (broad SMARTS) is 1. The summed E-state index contributed by atoms with van der Waals surface area (Å²) in [6, 6.07) is 6.12. The van der Waals surface area contributed by atoms with Crippen molar-refractivity contribution in [3.05, 3.63) is 29.8 Å². The smallest absolute Gasteiger partial charge is 0.319 e. The van der Waals surface area contributed by atoms with Gasteiger partial charge in [0.2, 0.25) is 0 Å². The summed E-state index contributed by atoms with van der Waals surface area (Å²) >= 11 is 0. The molecule has 0 bridgehead atoms. The lowest BCUT2D eigenvalue weighted by atomic mass is 9.74. The number of rotatable bonds is 5. The van der Waals surface area contributed by atoms with Gasteiger partial charge in [0.1, 0.15) is 0 Å². The van der Waals surface area contributed by atoms with Gasteiger partial charge in [-0.15, -0.1) is 0 Å². The average Bonchev–Trinajstić information content (AvgIpc) is 2.36. The fraction of sp³-hybridized carbons (Fsp3) is 0.400. The molecule has 1 saturated carbocycles. The first-order chi connectivity index (χ1) is 9.90. The fourth-order valence-electron chi connectivity index (χ4n) is 2.43. The first kappa shape index (κ1) is 15.0. The molecule has 1 aromatic carbocycles. The van der Waals surface area contributed by atoms with Crippen LogP contribution in [0.3, 0.4) is 0 Å². The number of hydrogen-bond acceptors (Lipinski definition) is 3. The Hall–Kier alpha value is -2.37. The zero-order chi connectivity index (χ0) is 15.5. The minimum Gasteiger partial charge on any atom is -0.481 e. The molecule has 0 atom stereocenters. The molecular weight excluding hydrogens is 272 g/mol. The molecule has 0 spiro atoms. The van der Waals surface area contributed by atoms with Gasteiger partial charge < -0.3 is 15.7 Å². The third kappa shape index (κ3) is 3.81. The van der Waals surface area contributed by atoms with E-state index in [0.717, 1.165) is 6.42 Å². The van der Waals surface area contributed by atoms with Crippen molar-refractivity contribution >= 4 is 23.5 Å². The summed E-state index contributed by atoms with van der Waals surface area (Å²) in [5, 5.41) is 14.3. The second kappa shape index (κ2) is 5.95. The van der Waals surface area contributed by atoms with Crippen molar-refractivity contribution < 1.29 is 19.5 Å². The Morgan fingerprint density at radius 3 is 2.24 bits per heavy atom. The van der Waals surface area contributed by atoms with E-state index in [1.165, 1.54) is 6.92 Å². The first-order valence-electron chi connectivity index (χ1n) is 6.82. The van der Waals surface area contributed by atoms with Crippen LogP contribution in [0.5, 0.6) is 0 Å². The molecule has 3 N–H and O–H groups in total. The van der Waals surface area contributed by atoms with Crippen LogP contribution in [-0.2, 0) is 4.79 Å². The van der Waals surface area contributed by atoms with Crippen LogP contribution in [0.1, 0.15) is 43.0 Å². The molecule has 0 saturated heterocycles. The van der Waals surface area contributed by atoms with Crippen LogP contribution in [0, 0.1) is 0 Å². The lowest BCUT2D eigenvalue weighted by molar-refractivity contribution is -0.139. The quantitative estimate of drug-likeness (QED) is 0.726. The van der Waals surface area contributed by atoms with E-state index in [-0.39, 0.29) is 12.2 Å². The van der Waals surface area contributed by atoms with Crippen molar-refractivity contribution in [1.29, 1.82) is 0 Å². The monoisotopic (exact) mass is 290 g/mol. The van der Waals surface area contributed by atoms with Gasteiger partial charge in [-0.2, -0.15) is 0 Å². The molecule has 112 valence electrons. The first-order valence-corrected chi connectivity index (χ1v) is 6.82. The molecule has 6 heteroatoms. The van der Waals surface area contributed by atoms with Crippen molar-refractivity contribution in [2.24, 2.45) is 0 Å². The molecule has 0 aromatic heterocycles. The van der Waals surface area contributed by atoms with Gasteiger partial charge in [-0.25, -0.2) is 4.79 Å². The maximum Gasteiger partial charge on any atom is 0.319 e. The number of carboxylic acids is 1. The van der Waals surface area contributed by atoms with Gasteiger partial charge >= 0.3 is 12.0 Å². The number of urea groups is 1. The summed E-state index contributed by atoms with van der Waals surface area (Å²) in [6.07, 6.45) is 2.20. The Bertz CT molecular complexity index is 562. The number of ketones is 1. The maximum absolute atomic E-state index is 11.9. The highest BCUT2D eigenvalue weighted by Gasteiger charge is 2.40. The summed E-state index contributed by atoms with van der Waals surface area (Å²) in [7, 11) is 0. The SMILES string of the molecule is CC(=O)c1ccc(NC(=O)NC2(CC(=O)O)CCC2)cc1. The van der Waals surface area contributed by atoms with Gasteiger partial charge in [-0.05, 0) is 50.5 Å². The third-order valence-electron chi connectivity index (χ3n) is 3.73. The van der Waals surface area contributed by atoms with Gasteiger partial charge in [-0.1, -0.05) is 0 Å². The van der Waals surface area contributed by atoms with E-state index in [1.807, 2.05) is 0 Å². The molecular formula is C15H18N2O4. The van der Waals surface area contributed by atoms with E-state index in [2.05, 4.69) is 10.6 Å². The Kier molecular flexibility index (Phi) is 4.26. The van der Waals surface area contributed by atoms with E-state index in [0.29, 0.717) is 24.1 Å². The molecule has 1 fully saturated rings. The van der Waals surface area contributed by atoms with Gasteiger partial charge in [0, 0.05) is 11.3 Å². The molecule has 1 aromatic rings. The molecule has 1 aliphatic carbocycles. The van der Waals surface area contributed by atoms with Crippen LogP contribution in [0.2, 0.25) is 0 Å². The Balaban J connectivity index is 1.95. The number of carbonyl (C=O) groups is 3. The molecule has 0 unspecified atom stereocenters. The predicted molar refractivity (Wildman–Crippen MR) is 77.4 cm³/mol. The average molecular weight is 290 g/mol. The van der Waals surface area contributed by atoms with Crippen molar-refractivity contribution in [3.8, 4) is 0 Å². The zero-order valence-corrected chi connectivity index (χ0v) is 11.8. The lowest BCUT2D eigenvalue weighted by Crippen LogP contribution is -2.55. The van der Waals surface area contributed by atoms with Gasteiger partial charge in [-0.3, -0.25) is 9.59 Å². The molecule has 0 heterocycles. The number of benzene rings is 1.